The number of hydrogen-bond donors (Lipinski definition) is 2. The number of alkyl halides is 7. The highest BCUT2D eigenvalue weighted by atomic mass is 19.4. The van der Waals surface area contributed by atoms with Gasteiger partial charge in [0.05, 0.1) is 0 Å². The maximum atomic E-state index is 14.2. The molecule has 0 fully saturated rings. The second-order valence-corrected chi connectivity index (χ2v) is 5.90. The Bertz CT molecular complexity index is 780. The molecular formula is C18H15F7N2O. The summed E-state index contributed by atoms with van der Waals surface area (Å²) in [5.74, 6) is -12.8. The molecule has 0 aliphatic carbocycles. The minimum absolute atomic E-state index is 0.000593. The summed E-state index contributed by atoms with van der Waals surface area (Å²) in [6.07, 6.45) is -7.37. The molecule has 0 bridgehead atoms. The summed E-state index contributed by atoms with van der Waals surface area (Å²) in [4.78, 5) is 11.9. The zero-order valence-corrected chi connectivity index (χ0v) is 14.1. The van der Waals surface area contributed by atoms with Gasteiger partial charge < -0.3 is 0 Å². The summed E-state index contributed by atoms with van der Waals surface area (Å²) < 4.78 is 93.0. The highest BCUT2D eigenvalue weighted by Gasteiger charge is 2.75. The number of hydrogen-bond acceptors (Lipinski definition) is 2. The van der Waals surface area contributed by atoms with Crippen LogP contribution in [0.5, 0.6) is 0 Å². The Hall–Kier alpha value is -2.62. The van der Waals surface area contributed by atoms with Gasteiger partial charge in [-0.3, -0.25) is 10.2 Å². The molecule has 0 aliphatic rings. The third-order valence-corrected chi connectivity index (χ3v) is 3.89. The van der Waals surface area contributed by atoms with E-state index in [2.05, 4.69) is 0 Å². The van der Waals surface area contributed by atoms with Crippen LogP contribution in [-0.2, 0) is 6.42 Å². The Balaban J connectivity index is 2.27. The van der Waals surface area contributed by atoms with Gasteiger partial charge in [0.15, 0.2) is 0 Å². The molecule has 3 nitrogen and oxygen atoms in total. The van der Waals surface area contributed by atoms with Crippen molar-refractivity contribution >= 4 is 5.91 Å². The van der Waals surface area contributed by atoms with Gasteiger partial charge in [-0.25, -0.2) is 5.43 Å². The second kappa shape index (κ2) is 8.17. The van der Waals surface area contributed by atoms with E-state index in [4.69, 9.17) is 0 Å². The summed E-state index contributed by atoms with van der Waals surface area (Å²) in [5.41, 5.74) is 3.51. The quantitative estimate of drug-likeness (QED) is 0.528. The lowest BCUT2D eigenvalue weighted by Crippen LogP contribution is -2.64. The van der Waals surface area contributed by atoms with Gasteiger partial charge in [0.25, 0.3) is 5.91 Å². The van der Waals surface area contributed by atoms with Crippen molar-refractivity contribution < 1.29 is 35.5 Å². The van der Waals surface area contributed by atoms with Crippen molar-refractivity contribution in [1.29, 1.82) is 0 Å². The molecule has 0 saturated carbocycles. The molecule has 0 saturated heterocycles. The molecule has 152 valence electrons. The van der Waals surface area contributed by atoms with Crippen LogP contribution in [0.25, 0.3) is 0 Å². The molecule has 0 aliphatic heterocycles. The molecule has 28 heavy (non-hydrogen) atoms. The average molecular weight is 408 g/mol. The Morgan fingerprint density at radius 3 is 1.82 bits per heavy atom. The van der Waals surface area contributed by atoms with Crippen molar-refractivity contribution in [3.8, 4) is 0 Å². The largest absolute Gasteiger partial charge is 0.459 e. The Morgan fingerprint density at radius 1 is 0.821 bits per heavy atom. The van der Waals surface area contributed by atoms with Crippen LogP contribution in [0.15, 0.2) is 60.7 Å². The molecule has 1 atom stereocenters. The maximum absolute atomic E-state index is 14.2. The molecule has 0 heterocycles. The van der Waals surface area contributed by atoms with Crippen LogP contribution in [0.1, 0.15) is 15.9 Å². The van der Waals surface area contributed by atoms with Gasteiger partial charge in [-0.15, -0.1) is 0 Å². The Kier molecular flexibility index (Phi) is 6.33. The molecule has 0 spiro atoms. The highest BCUT2D eigenvalue weighted by Crippen LogP contribution is 2.48. The van der Waals surface area contributed by atoms with Crippen molar-refractivity contribution in [2.24, 2.45) is 0 Å². The molecule has 10 heteroatoms. The normalized spacial score (nSPS) is 13.8. The average Bonchev–Trinajstić information content (AvgIpc) is 2.65. The number of carbonyl (C=O) groups excluding carboxylic acids is 1. The number of rotatable bonds is 7. The second-order valence-electron chi connectivity index (χ2n) is 5.90. The van der Waals surface area contributed by atoms with E-state index in [1.807, 2.05) is 0 Å². The number of nitrogens with one attached hydrogen (secondary N) is 2. The van der Waals surface area contributed by atoms with E-state index in [0.29, 0.717) is 0 Å². The molecule has 2 aromatic carbocycles. The first-order valence-corrected chi connectivity index (χ1v) is 7.94. The molecule has 0 aromatic heterocycles. The van der Waals surface area contributed by atoms with E-state index < -0.39 is 36.4 Å². The smallest absolute Gasteiger partial charge is 0.287 e. The van der Waals surface area contributed by atoms with Crippen LogP contribution in [0, 0.1) is 0 Å². The molecule has 2 aromatic rings. The molecular weight excluding hydrogens is 393 g/mol. The monoisotopic (exact) mass is 408 g/mol. The standard InChI is InChI=1S/C18H15F7N2O/c19-16(20,17(21,22)18(23,24)25)14(11-12-7-3-1-4-8-12)26-27-15(28)13-9-5-2-6-10-13/h1-10,14,26H,11H2,(H,27,28)/t14-/m1/s1. The first kappa shape index (κ1) is 21.7. The van der Waals surface area contributed by atoms with Crippen LogP contribution < -0.4 is 10.9 Å². The lowest BCUT2D eigenvalue weighted by atomic mass is 9.96. The van der Waals surface area contributed by atoms with Gasteiger partial charge in [0.1, 0.15) is 6.04 Å². The zero-order valence-electron chi connectivity index (χ0n) is 14.1. The van der Waals surface area contributed by atoms with Crippen LogP contribution in [0.4, 0.5) is 30.7 Å². The lowest BCUT2D eigenvalue weighted by Gasteiger charge is -2.34. The molecule has 0 unspecified atom stereocenters. The van der Waals surface area contributed by atoms with Crippen molar-refractivity contribution in [3.05, 3.63) is 71.8 Å². The third-order valence-electron chi connectivity index (χ3n) is 3.89. The summed E-state index contributed by atoms with van der Waals surface area (Å²) >= 11 is 0. The Morgan fingerprint density at radius 2 is 1.32 bits per heavy atom. The van der Waals surface area contributed by atoms with E-state index in [-0.39, 0.29) is 11.1 Å². The van der Waals surface area contributed by atoms with Crippen LogP contribution >= 0.6 is 0 Å². The summed E-state index contributed by atoms with van der Waals surface area (Å²) in [5, 5.41) is 0. The van der Waals surface area contributed by atoms with Crippen LogP contribution in [0.3, 0.4) is 0 Å². The first-order chi connectivity index (χ1) is 13.0. The SMILES string of the molecule is O=C(NN[C@H](Cc1ccccc1)C(F)(F)C(F)(F)C(F)(F)F)c1ccccc1. The predicted molar refractivity (Wildman–Crippen MR) is 86.9 cm³/mol. The van der Waals surface area contributed by atoms with E-state index >= 15 is 0 Å². The molecule has 2 rings (SSSR count). The number of benzene rings is 2. The lowest BCUT2D eigenvalue weighted by molar-refractivity contribution is -0.360. The van der Waals surface area contributed by atoms with Gasteiger partial charge >= 0.3 is 18.0 Å². The van der Waals surface area contributed by atoms with E-state index in [1.54, 1.807) is 16.9 Å². The van der Waals surface area contributed by atoms with Gasteiger partial charge in [0.2, 0.25) is 0 Å². The number of hydrazine groups is 1. The van der Waals surface area contributed by atoms with Crippen molar-refractivity contribution in [2.75, 3.05) is 0 Å². The fourth-order valence-corrected chi connectivity index (χ4v) is 2.34. The van der Waals surface area contributed by atoms with Crippen molar-refractivity contribution in [3.63, 3.8) is 0 Å². The highest BCUT2D eigenvalue weighted by molar-refractivity contribution is 5.93. The Labute approximate surface area is 155 Å². The number of carbonyl (C=O) groups is 1. The first-order valence-electron chi connectivity index (χ1n) is 7.94. The van der Waals surface area contributed by atoms with Gasteiger partial charge in [-0.2, -0.15) is 30.7 Å². The van der Waals surface area contributed by atoms with Gasteiger partial charge in [-0.1, -0.05) is 48.5 Å². The predicted octanol–water partition coefficient (Wildman–Crippen LogP) is 4.37. The zero-order chi connectivity index (χ0) is 21.0. The van der Waals surface area contributed by atoms with Crippen molar-refractivity contribution in [2.45, 2.75) is 30.5 Å². The summed E-state index contributed by atoms with van der Waals surface area (Å²) in [7, 11) is 0. The van der Waals surface area contributed by atoms with Gasteiger partial charge in [0, 0.05) is 5.56 Å². The molecule has 2 N–H and O–H groups in total. The minimum Gasteiger partial charge on any atom is -0.287 e. The summed E-state index contributed by atoms with van der Waals surface area (Å²) in [6.45, 7) is 0. The fraction of sp³-hybridized carbons (Fsp3) is 0.278. The van der Waals surface area contributed by atoms with E-state index in [1.165, 1.54) is 54.6 Å². The van der Waals surface area contributed by atoms with Gasteiger partial charge in [-0.05, 0) is 24.1 Å². The van der Waals surface area contributed by atoms with Crippen molar-refractivity contribution in [1.82, 2.24) is 10.9 Å². The fourth-order valence-electron chi connectivity index (χ4n) is 2.34. The topological polar surface area (TPSA) is 41.1 Å². The number of halogens is 7. The molecule has 1 amide bonds. The van der Waals surface area contributed by atoms with Crippen LogP contribution in [-0.4, -0.2) is 30.0 Å². The van der Waals surface area contributed by atoms with E-state index in [9.17, 15) is 35.5 Å². The van der Waals surface area contributed by atoms with E-state index in [0.717, 1.165) is 0 Å². The maximum Gasteiger partial charge on any atom is 0.459 e. The summed E-state index contributed by atoms with van der Waals surface area (Å²) in [6, 6.07) is 11.3. The molecule has 0 radical (unpaired) electrons. The third kappa shape index (κ3) is 4.61. The number of amides is 1. The van der Waals surface area contributed by atoms with Crippen LogP contribution in [0.2, 0.25) is 0 Å². The minimum atomic E-state index is -6.48.